The van der Waals surface area contributed by atoms with E-state index in [4.69, 9.17) is 4.74 Å². The molecule has 0 aliphatic heterocycles. The average Bonchev–Trinajstić information content (AvgIpc) is 2.91. The molecule has 1 fully saturated rings. The molecule has 0 bridgehead atoms. The molecule has 0 heterocycles. The molecule has 0 unspecified atom stereocenters. The Balaban J connectivity index is 1.68. The highest BCUT2D eigenvalue weighted by Gasteiger charge is 2.30. The Morgan fingerprint density at radius 1 is 1.20 bits per heavy atom. The molecule has 0 aromatic heterocycles. The third kappa shape index (κ3) is 4.80. The predicted octanol–water partition coefficient (Wildman–Crippen LogP) is 3.75. The van der Waals surface area contributed by atoms with Gasteiger partial charge in [0, 0.05) is 13.1 Å². The molecule has 112 valence electrons. The molecule has 1 aliphatic carbocycles. The van der Waals surface area contributed by atoms with Gasteiger partial charge in [0.2, 0.25) is 0 Å². The smallest absolute Gasteiger partial charge is 0.377 e. The van der Waals surface area contributed by atoms with Gasteiger partial charge in [-0.25, -0.2) is 0 Å². The van der Waals surface area contributed by atoms with Gasteiger partial charge in [-0.1, -0.05) is 31.0 Å². The van der Waals surface area contributed by atoms with E-state index in [1.165, 1.54) is 25.0 Å². The highest BCUT2D eigenvalue weighted by Crippen LogP contribution is 2.29. The van der Waals surface area contributed by atoms with Crippen LogP contribution in [0.3, 0.4) is 0 Å². The van der Waals surface area contributed by atoms with E-state index < -0.39 is 11.7 Å². The van der Waals surface area contributed by atoms with Crippen LogP contribution in [-0.4, -0.2) is 19.3 Å². The number of benzene rings is 1. The molecule has 1 aliphatic rings. The Kier molecular flexibility index (Phi) is 5.43. The number of hydrogen-bond donors (Lipinski definition) is 1. The van der Waals surface area contributed by atoms with Crippen LogP contribution in [-0.2, 0) is 17.5 Å². The Labute approximate surface area is 117 Å². The summed E-state index contributed by atoms with van der Waals surface area (Å²) in [6, 6.07) is 5.41. The van der Waals surface area contributed by atoms with Gasteiger partial charge in [0.05, 0.1) is 18.3 Å². The molecule has 0 atom stereocenters. The monoisotopic (exact) mass is 287 g/mol. The zero-order valence-electron chi connectivity index (χ0n) is 11.4. The standard InChI is InChI=1S/C15H20F3NO/c16-15(17,18)13-5-3-4-12(10-13)11-19-8-9-20-14-6-1-2-7-14/h3-5,10,14,19H,1-2,6-9,11H2. The number of ether oxygens (including phenoxy) is 1. The second kappa shape index (κ2) is 7.09. The second-order valence-corrected chi connectivity index (χ2v) is 5.15. The molecule has 0 amide bonds. The van der Waals surface area contributed by atoms with E-state index in [-0.39, 0.29) is 0 Å². The highest BCUT2D eigenvalue weighted by atomic mass is 19.4. The van der Waals surface area contributed by atoms with Crippen molar-refractivity contribution in [2.24, 2.45) is 0 Å². The summed E-state index contributed by atoms with van der Waals surface area (Å²) in [6.07, 6.45) is 0.846. The summed E-state index contributed by atoms with van der Waals surface area (Å²) in [7, 11) is 0. The fourth-order valence-electron chi connectivity index (χ4n) is 2.44. The third-order valence-corrected chi connectivity index (χ3v) is 3.52. The third-order valence-electron chi connectivity index (χ3n) is 3.52. The Morgan fingerprint density at radius 3 is 2.65 bits per heavy atom. The summed E-state index contributed by atoms with van der Waals surface area (Å²) in [6.45, 7) is 1.70. The van der Waals surface area contributed by atoms with E-state index in [0.717, 1.165) is 18.9 Å². The fraction of sp³-hybridized carbons (Fsp3) is 0.600. The van der Waals surface area contributed by atoms with Gasteiger partial charge in [-0.3, -0.25) is 0 Å². The summed E-state index contributed by atoms with van der Waals surface area (Å²) in [4.78, 5) is 0. The van der Waals surface area contributed by atoms with Crippen molar-refractivity contribution in [3.63, 3.8) is 0 Å². The zero-order chi connectivity index (χ0) is 14.4. The van der Waals surface area contributed by atoms with Crippen LogP contribution in [0.15, 0.2) is 24.3 Å². The molecule has 0 saturated heterocycles. The van der Waals surface area contributed by atoms with Crippen molar-refractivity contribution in [1.29, 1.82) is 0 Å². The van der Waals surface area contributed by atoms with Gasteiger partial charge in [0.1, 0.15) is 0 Å². The van der Waals surface area contributed by atoms with Crippen LogP contribution >= 0.6 is 0 Å². The average molecular weight is 287 g/mol. The van der Waals surface area contributed by atoms with Crippen LogP contribution in [0.4, 0.5) is 13.2 Å². The number of nitrogens with one attached hydrogen (secondary N) is 1. The molecule has 2 nitrogen and oxygen atoms in total. The fourth-order valence-corrected chi connectivity index (χ4v) is 2.44. The summed E-state index contributed by atoms with van der Waals surface area (Å²) in [5.41, 5.74) is 0.0414. The lowest BCUT2D eigenvalue weighted by atomic mass is 10.1. The topological polar surface area (TPSA) is 21.3 Å². The molecule has 1 N–H and O–H groups in total. The first kappa shape index (κ1) is 15.3. The lowest BCUT2D eigenvalue weighted by molar-refractivity contribution is -0.137. The largest absolute Gasteiger partial charge is 0.416 e. The van der Waals surface area contributed by atoms with Crippen LogP contribution in [0.2, 0.25) is 0 Å². The van der Waals surface area contributed by atoms with Gasteiger partial charge in [-0.15, -0.1) is 0 Å². The van der Waals surface area contributed by atoms with Gasteiger partial charge < -0.3 is 10.1 Å². The Hall–Kier alpha value is -1.07. The van der Waals surface area contributed by atoms with Crippen molar-refractivity contribution in [3.05, 3.63) is 35.4 Å². The maximum Gasteiger partial charge on any atom is 0.416 e. The first-order valence-corrected chi connectivity index (χ1v) is 7.04. The molecular formula is C15H20F3NO. The molecule has 1 aromatic carbocycles. The van der Waals surface area contributed by atoms with Crippen molar-refractivity contribution in [3.8, 4) is 0 Å². The van der Waals surface area contributed by atoms with E-state index in [0.29, 0.717) is 31.4 Å². The second-order valence-electron chi connectivity index (χ2n) is 5.15. The van der Waals surface area contributed by atoms with Crippen LogP contribution in [0.1, 0.15) is 36.8 Å². The summed E-state index contributed by atoms with van der Waals surface area (Å²) < 4.78 is 43.3. The molecular weight excluding hydrogens is 267 g/mol. The zero-order valence-corrected chi connectivity index (χ0v) is 11.4. The van der Waals surface area contributed by atoms with Crippen molar-refractivity contribution in [1.82, 2.24) is 5.32 Å². The summed E-state index contributed by atoms with van der Waals surface area (Å²) >= 11 is 0. The van der Waals surface area contributed by atoms with E-state index in [1.807, 2.05) is 0 Å². The number of rotatable bonds is 6. The van der Waals surface area contributed by atoms with Crippen molar-refractivity contribution in [2.45, 2.75) is 44.5 Å². The molecule has 1 aromatic rings. The van der Waals surface area contributed by atoms with E-state index >= 15 is 0 Å². The van der Waals surface area contributed by atoms with Gasteiger partial charge in [-0.2, -0.15) is 13.2 Å². The highest BCUT2D eigenvalue weighted by molar-refractivity contribution is 5.25. The number of hydrogen-bond acceptors (Lipinski definition) is 2. The quantitative estimate of drug-likeness (QED) is 0.804. The minimum absolute atomic E-state index is 0.380. The van der Waals surface area contributed by atoms with Crippen molar-refractivity contribution in [2.75, 3.05) is 13.2 Å². The van der Waals surface area contributed by atoms with Crippen LogP contribution in [0, 0.1) is 0 Å². The van der Waals surface area contributed by atoms with Gasteiger partial charge in [0.25, 0.3) is 0 Å². The first-order chi connectivity index (χ1) is 9.55. The maximum absolute atomic E-state index is 12.5. The van der Waals surface area contributed by atoms with Crippen LogP contribution in [0.25, 0.3) is 0 Å². The van der Waals surface area contributed by atoms with Crippen molar-refractivity contribution < 1.29 is 17.9 Å². The van der Waals surface area contributed by atoms with Gasteiger partial charge >= 0.3 is 6.18 Å². The predicted molar refractivity (Wildman–Crippen MR) is 71.4 cm³/mol. The lowest BCUT2D eigenvalue weighted by Gasteiger charge is -2.12. The SMILES string of the molecule is FC(F)(F)c1cccc(CNCCOC2CCCC2)c1. The number of halogens is 3. The minimum atomic E-state index is -4.28. The van der Waals surface area contributed by atoms with Crippen molar-refractivity contribution >= 4 is 0 Å². The minimum Gasteiger partial charge on any atom is -0.377 e. The maximum atomic E-state index is 12.5. The van der Waals surface area contributed by atoms with E-state index in [2.05, 4.69) is 5.32 Å². The van der Waals surface area contributed by atoms with Crippen LogP contribution < -0.4 is 5.32 Å². The van der Waals surface area contributed by atoms with Gasteiger partial charge in [0.15, 0.2) is 0 Å². The van der Waals surface area contributed by atoms with Crippen LogP contribution in [0.5, 0.6) is 0 Å². The lowest BCUT2D eigenvalue weighted by Crippen LogP contribution is -2.22. The van der Waals surface area contributed by atoms with E-state index in [9.17, 15) is 13.2 Å². The molecule has 1 saturated carbocycles. The Morgan fingerprint density at radius 2 is 1.95 bits per heavy atom. The molecule has 2 rings (SSSR count). The number of alkyl halides is 3. The molecule has 5 heteroatoms. The summed E-state index contributed by atoms with van der Waals surface area (Å²) in [5, 5.41) is 3.11. The molecule has 0 spiro atoms. The first-order valence-electron chi connectivity index (χ1n) is 7.04. The van der Waals surface area contributed by atoms with E-state index in [1.54, 1.807) is 6.07 Å². The molecule has 20 heavy (non-hydrogen) atoms. The Bertz CT molecular complexity index is 414. The summed E-state index contributed by atoms with van der Waals surface area (Å²) in [5.74, 6) is 0. The molecule has 0 radical (unpaired) electrons. The van der Waals surface area contributed by atoms with Gasteiger partial charge in [-0.05, 0) is 24.5 Å². The normalized spacial score (nSPS) is 16.8.